The van der Waals surface area contributed by atoms with Gasteiger partial charge in [0, 0.05) is 18.5 Å². The smallest absolute Gasteiger partial charge is 0.326 e. The highest BCUT2D eigenvalue weighted by Crippen LogP contribution is 2.23. The number of aliphatic hydroxyl groups excluding tert-OH is 1. The van der Waals surface area contributed by atoms with Gasteiger partial charge < -0.3 is 25.0 Å². The zero-order valence-electron chi connectivity index (χ0n) is 12.2. The van der Waals surface area contributed by atoms with Crippen LogP contribution in [0.2, 0.25) is 0 Å². The number of hydrogen-bond acceptors (Lipinski definition) is 5. The average Bonchev–Trinajstić information content (AvgIpc) is 2.93. The van der Waals surface area contributed by atoms with Crippen LogP contribution in [-0.4, -0.2) is 51.0 Å². The molecule has 0 aliphatic carbocycles. The first-order valence-corrected chi connectivity index (χ1v) is 6.72. The highest BCUT2D eigenvalue weighted by Gasteiger charge is 2.39. The molecule has 21 heavy (non-hydrogen) atoms. The number of rotatable bonds is 3. The molecule has 3 N–H and O–H groups in total. The number of hydrogen-bond donors (Lipinski definition) is 3. The fourth-order valence-electron chi connectivity index (χ4n) is 2.72. The Kier molecular flexibility index (Phi) is 4.17. The van der Waals surface area contributed by atoms with E-state index in [2.05, 4.69) is 10.5 Å². The van der Waals surface area contributed by atoms with Crippen molar-refractivity contribution >= 4 is 12.0 Å². The highest BCUT2D eigenvalue weighted by atomic mass is 16.5. The lowest BCUT2D eigenvalue weighted by Gasteiger charge is -2.24. The van der Waals surface area contributed by atoms with Crippen molar-refractivity contribution in [2.24, 2.45) is 0 Å². The van der Waals surface area contributed by atoms with Crippen molar-refractivity contribution in [1.82, 2.24) is 15.4 Å². The van der Waals surface area contributed by atoms with Crippen LogP contribution in [0.4, 0.5) is 4.79 Å². The Morgan fingerprint density at radius 1 is 1.48 bits per heavy atom. The summed E-state index contributed by atoms with van der Waals surface area (Å²) in [4.78, 5) is 24.5. The molecule has 1 aromatic heterocycles. The summed E-state index contributed by atoms with van der Waals surface area (Å²) in [6.45, 7) is 5.30. The van der Waals surface area contributed by atoms with E-state index in [0.29, 0.717) is 11.5 Å². The summed E-state index contributed by atoms with van der Waals surface area (Å²) >= 11 is 0. The fraction of sp³-hybridized carbons (Fsp3) is 0.615. The van der Waals surface area contributed by atoms with Crippen LogP contribution in [-0.2, 0) is 4.79 Å². The van der Waals surface area contributed by atoms with Crippen molar-refractivity contribution in [3.8, 4) is 0 Å². The Hall–Kier alpha value is -2.09. The number of aliphatic carboxylic acids is 1. The Morgan fingerprint density at radius 3 is 2.67 bits per heavy atom. The van der Waals surface area contributed by atoms with Crippen molar-refractivity contribution in [2.45, 2.75) is 45.4 Å². The summed E-state index contributed by atoms with van der Waals surface area (Å²) in [5.74, 6) is -0.511. The third kappa shape index (κ3) is 2.99. The number of nitrogens with one attached hydrogen (secondary N) is 1. The molecular weight excluding hydrogens is 278 g/mol. The standard InChI is InChI=1S/C13H19N3O5/c1-6(11-7(2)15-21-8(11)3)14-13(20)16-5-9(17)4-10(16)12(18)19/h6,9-10,17H,4-5H2,1-3H3,(H,14,20)(H,18,19)/t6?,9?,10-/m0/s1. The Balaban J connectivity index is 2.09. The number of aryl methyl sites for hydroxylation is 2. The second kappa shape index (κ2) is 5.72. The summed E-state index contributed by atoms with van der Waals surface area (Å²) in [6.07, 6.45) is -0.770. The lowest BCUT2D eigenvalue weighted by molar-refractivity contribution is -0.141. The molecule has 1 aromatic rings. The topological polar surface area (TPSA) is 116 Å². The largest absolute Gasteiger partial charge is 0.480 e. The number of urea groups is 1. The number of likely N-dealkylation sites (tertiary alicyclic amines) is 1. The molecule has 1 saturated heterocycles. The predicted molar refractivity (Wildman–Crippen MR) is 71.7 cm³/mol. The van der Waals surface area contributed by atoms with Crippen molar-refractivity contribution in [2.75, 3.05) is 6.54 Å². The highest BCUT2D eigenvalue weighted by molar-refractivity contribution is 5.83. The van der Waals surface area contributed by atoms with Gasteiger partial charge in [-0.2, -0.15) is 0 Å². The first-order chi connectivity index (χ1) is 9.81. The van der Waals surface area contributed by atoms with Crippen molar-refractivity contribution in [1.29, 1.82) is 0 Å². The van der Waals surface area contributed by atoms with E-state index in [9.17, 15) is 14.7 Å². The quantitative estimate of drug-likeness (QED) is 0.751. The van der Waals surface area contributed by atoms with Crippen molar-refractivity contribution in [3.05, 3.63) is 17.0 Å². The number of aliphatic hydroxyl groups is 1. The van der Waals surface area contributed by atoms with Crippen LogP contribution in [0.25, 0.3) is 0 Å². The maximum Gasteiger partial charge on any atom is 0.326 e. The lowest BCUT2D eigenvalue weighted by Crippen LogP contribution is -2.46. The van der Waals surface area contributed by atoms with E-state index < -0.39 is 24.1 Å². The van der Waals surface area contributed by atoms with E-state index in [-0.39, 0.29) is 19.0 Å². The Labute approximate surface area is 121 Å². The van der Waals surface area contributed by atoms with Gasteiger partial charge in [-0.1, -0.05) is 5.16 Å². The summed E-state index contributed by atoms with van der Waals surface area (Å²) in [7, 11) is 0. The molecule has 2 heterocycles. The summed E-state index contributed by atoms with van der Waals surface area (Å²) in [5, 5.41) is 25.2. The average molecular weight is 297 g/mol. The van der Waals surface area contributed by atoms with Crippen LogP contribution in [0.15, 0.2) is 4.52 Å². The monoisotopic (exact) mass is 297 g/mol. The number of carbonyl (C=O) groups is 2. The number of nitrogens with zero attached hydrogens (tertiary/aromatic N) is 2. The molecule has 0 aromatic carbocycles. The van der Waals surface area contributed by atoms with Crippen LogP contribution in [0.3, 0.4) is 0 Å². The minimum atomic E-state index is -1.12. The second-order valence-corrected chi connectivity index (χ2v) is 5.30. The van der Waals surface area contributed by atoms with Crippen molar-refractivity contribution in [3.63, 3.8) is 0 Å². The first-order valence-electron chi connectivity index (χ1n) is 6.72. The number of carboxylic acid groups (broad SMARTS) is 1. The number of amides is 2. The SMILES string of the molecule is Cc1noc(C)c1C(C)NC(=O)N1CC(O)C[C@H]1C(=O)O. The molecule has 3 atom stereocenters. The molecule has 8 nitrogen and oxygen atoms in total. The van der Waals surface area contributed by atoms with Gasteiger partial charge in [0.2, 0.25) is 0 Å². The van der Waals surface area contributed by atoms with Gasteiger partial charge in [-0.05, 0) is 20.8 Å². The van der Waals surface area contributed by atoms with Gasteiger partial charge in [0.15, 0.2) is 0 Å². The lowest BCUT2D eigenvalue weighted by atomic mass is 10.1. The number of aromatic nitrogens is 1. The van der Waals surface area contributed by atoms with Gasteiger partial charge in [0.05, 0.1) is 17.8 Å². The van der Waals surface area contributed by atoms with Gasteiger partial charge in [-0.25, -0.2) is 9.59 Å². The Morgan fingerprint density at radius 2 is 2.14 bits per heavy atom. The zero-order chi connectivity index (χ0) is 15.7. The predicted octanol–water partition coefficient (Wildman–Crippen LogP) is 0.582. The first kappa shape index (κ1) is 15.3. The van der Waals surface area contributed by atoms with E-state index in [1.807, 2.05) is 0 Å². The molecule has 0 spiro atoms. The van der Waals surface area contributed by atoms with Gasteiger partial charge in [-0.3, -0.25) is 0 Å². The van der Waals surface area contributed by atoms with Gasteiger partial charge >= 0.3 is 12.0 Å². The normalized spacial score (nSPS) is 23.1. The Bertz CT molecular complexity index is 537. The molecule has 0 saturated carbocycles. The van der Waals surface area contributed by atoms with Crippen LogP contribution in [0, 0.1) is 13.8 Å². The third-order valence-electron chi connectivity index (χ3n) is 3.69. The van der Waals surface area contributed by atoms with E-state index >= 15 is 0 Å². The zero-order valence-corrected chi connectivity index (χ0v) is 12.2. The summed E-state index contributed by atoms with van der Waals surface area (Å²) in [5.41, 5.74) is 1.45. The molecule has 116 valence electrons. The third-order valence-corrected chi connectivity index (χ3v) is 3.69. The molecule has 1 aliphatic heterocycles. The molecule has 8 heteroatoms. The molecule has 2 amide bonds. The van der Waals surface area contributed by atoms with Gasteiger partial charge in [0.1, 0.15) is 11.8 Å². The summed E-state index contributed by atoms with van der Waals surface area (Å²) in [6, 6.07) is -1.89. The minimum absolute atomic E-state index is 0.0110. The maximum atomic E-state index is 12.2. The van der Waals surface area contributed by atoms with Crippen LogP contribution < -0.4 is 5.32 Å². The van der Waals surface area contributed by atoms with Crippen LogP contribution >= 0.6 is 0 Å². The van der Waals surface area contributed by atoms with E-state index in [4.69, 9.17) is 9.63 Å². The number of carboxylic acids is 1. The second-order valence-electron chi connectivity index (χ2n) is 5.30. The van der Waals surface area contributed by atoms with Crippen LogP contribution in [0.5, 0.6) is 0 Å². The number of β-amino-alcohol motifs (C(OH)–C–C–N with tert-alkyl or cyclic N) is 1. The van der Waals surface area contributed by atoms with Gasteiger partial charge in [-0.15, -0.1) is 0 Å². The van der Waals surface area contributed by atoms with Gasteiger partial charge in [0.25, 0.3) is 0 Å². The number of carbonyl (C=O) groups excluding carboxylic acids is 1. The van der Waals surface area contributed by atoms with E-state index in [1.54, 1.807) is 20.8 Å². The molecule has 1 fully saturated rings. The van der Waals surface area contributed by atoms with Crippen molar-refractivity contribution < 1.29 is 24.3 Å². The van der Waals surface area contributed by atoms with E-state index in [0.717, 1.165) is 10.5 Å². The molecule has 0 bridgehead atoms. The molecule has 0 radical (unpaired) electrons. The molecule has 2 rings (SSSR count). The van der Waals surface area contributed by atoms with Crippen LogP contribution in [0.1, 0.15) is 36.4 Å². The summed E-state index contributed by atoms with van der Waals surface area (Å²) < 4.78 is 5.05. The molecule has 2 unspecified atom stereocenters. The minimum Gasteiger partial charge on any atom is -0.480 e. The van der Waals surface area contributed by atoms with E-state index in [1.165, 1.54) is 0 Å². The molecule has 1 aliphatic rings. The molecular formula is C13H19N3O5. The maximum absolute atomic E-state index is 12.2. The fourth-order valence-corrected chi connectivity index (χ4v) is 2.72.